The summed E-state index contributed by atoms with van der Waals surface area (Å²) < 4.78 is 0. The van der Waals surface area contributed by atoms with E-state index in [-0.39, 0.29) is 5.41 Å². The smallest absolute Gasteiger partial charge is 0.179 e. The molecule has 0 bridgehead atoms. The minimum atomic E-state index is -2.60. The van der Waals surface area contributed by atoms with Crippen LogP contribution in [-0.4, -0.2) is 8.07 Å². The average Bonchev–Trinajstić information content (AvgIpc) is 3.14. The Morgan fingerprint density at radius 1 is 0.396 bits per heavy atom. The number of hydrogen-bond donors (Lipinski definition) is 1. The first-order valence-electron chi connectivity index (χ1n) is 16.8. The number of anilines is 2. The normalized spacial score (nSPS) is 11.6. The van der Waals surface area contributed by atoms with E-state index < -0.39 is 8.07 Å². The molecule has 2 heteroatoms. The van der Waals surface area contributed by atoms with Crippen molar-refractivity contribution in [3.63, 3.8) is 0 Å². The second-order valence-electron chi connectivity index (χ2n) is 13.5. The Hall–Kier alpha value is -5.44. The third-order valence-corrected chi connectivity index (χ3v) is 14.2. The Kier molecular flexibility index (Phi) is 8.67. The highest BCUT2D eigenvalue weighted by Gasteiger charge is 2.41. The summed E-state index contributed by atoms with van der Waals surface area (Å²) in [5.41, 5.74) is 8.28. The van der Waals surface area contributed by atoms with E-state index in [2.05, 4.69) is 214 Å². The molecule has 0 unspecified atom stereocenters. The first-order valence-corrected chi connectivity index (χ1v) is 18.8. The highest BCUT2D eigenvalue weighted by atomic mass is 28.3. The largest absolute Gasteiger partial charge is 0.355 e. The molecule has 0 fully saturated rings. The molecule has 1 N–H and O–H groups in total. The van der Waals surface area contributed by atoms with Gasteiger partial charge in [0.1, 0.15) is 0 Å². The van der Waals surface area contributed by atoms with Crippen LogP contribution in [0.2, 0.25) is 0 Å². The summed E-state index contributed by atoms with van der Waals surface area (Å²) in [6.07, 6.45) is 0. The Bertz CT molecular complexity index is 1930. The van der Waals surface area contributed by atoms with Gasteiger partial charge in [-0.05, 0) is 67.1 Å². The van der Waals surface area contributed by atoms with Gasteiger partial charge in [0.25, 0.3) is 0 Å². The van der Waals surface area contributed by atoms with Gasteiger partial charge in [-0.1, -0.05) is 185 Å². The Labute approximate surface area is 286 Å². The molecule has 0 saturated carbocycles. The van der Waals surface area contributed by atoms with Crippen LogP contribution in [0.25, 0.3) is 22.3 Å². The zero-order valence-electron chi connectivity index (χ0n) is 27.9. The third kappa shape index (κ3) is 6.03. The van der Waals surface area contributed by atoms with Crippen molar-refractivity contribution in [1.82, 2.24) is 0 Å². The van der Waals surface area contributed by atoms with Crippen molar-refractivity contribution in [2.45, 2.75) is 26.2 Å². The molecule has 7 aromatic rings. The number of benzene rings is 7. The van der Waals surface area contributed by atoms with Crippen molar-refractivity contribution in [2.24, 2.45) is 0 Å². The van der Waals surface area contributed by atoms with Gasteiger partial charge >= 0.3 is 0 Å². The molecule has 0 spiro atoms. The van der Waals surface area contributed by atoms with E-state index in [9.17, 15) is 0 Å². The molecule has 0 aliphatic carbocycles. The van der Waals surface area contributed by atoms with Crippen molar-refractivity contribution >= 4 is 40.2 Å². The van der Waals surface area contributed by atoms with Crippen LogP contribution in [0.15, 0.2) is 188 Å². The lowest BCUT2D eigenvalue weighted by Gasteiger charge is -2.34. The van der Waals surface area contributed by atoms with Crippen molar-refractivity contribution < 1.29 is 0 Å². The zero-order chi connectivity index (χ0) is 33.0. The second-order valence-corrected chi connectivity index (χ2v) is 17.3. The summed E-state index contributed by atoms with van der Waals surface area (Å²) >= 11 is 0. The van der Waals surface area contributed by atoms with Gasteiger partial charge in [0.2, 0.25) is 0 Å². The van der Waals surface area contributed by atoms with Crippen LogP contribution in [0.1, 0.15) is 26.3 Å². The topological polar surface area (TPSA) is 12.0 Å². The summed E-state index contributed by atoms with van der Waals surface area (Å²) in [7, 11) is -2.60. The van der Waals surface area contributed by atoms with Gasteiger partial charge < -0.3 is 5.32 Å². The van der Waals surface area contributed by atoms with Gasteiger partial charge in [0.05, 0.1) is 5.69 Å². The molecule has 7 aromatic carbocycles. The van der Waals surface area contributed by atoms with Gasteiger partial charge in [0, 0.05) is 16.8 Å². The second kappa shape index (κ2) is 13.3. The van der Waals surface area contributed by atoms with Gasteiger partial charge in [0.15, 0.2) is 8.07 Å². The maximum atomic E-state index is 3.93. The molecular formula is C46H41NSi. The van der Waals surface area contributed by atoms with Crippen molar-refractivity contribution in [3.05, 3.63) is 194 Å². The SMILES string of the molecule is CC(C)(C)c1cc(-c2ccccc2)c(Nc2ccc([Si](c3ccccc3)(c3ccccc3)c3ccccc3)cc2)c(-c2ccccc2)c1. The Morgan fingerprint density at radius 3 is 1.08 bits per heavy atom. The van der Waals surface area contributed by atoms with Crippen LogP contribution in [0.3, 0.4) is 0 Å². The summed E-state index contributed by atoms with van der Waals surface area (Å²) in [4.78, 5) is 0. The highest BCUT2D eigenvalue weighted by molar-refractivity contribution is 7.19. The molecule has 0 saturated heterocycles. The maximum Gasteiger partial charge on any atom is 0.179 e. The number of hydrogen-bond acceptors (Lipinski definition) is 1. The molecule has 48 heavy (non-hydrogen) atoms. The molecule has 234 valence electrons. The molecule has 0 atom stereocenters. The number of nitrogens with one attached hydrogen (secondary N) is 1. The molecule has 0 aromatic heterocycles. The van der Waals surface area contributed by atoms with Crippen LogP contribution in [0.5, 0.6) is 0 Å². The molecular weight excluding hydrogens is 595 g/mol. The molecule has 0 aliphatic rings. The first-order chi connectivity index (χ1) is 23.4. The summed E-state index contributed by atoms with van der Waals surface area (Å²) in [5.74, 6) is 0. The van der Waals surface area contributed by atoms with Crippen molar-refractivity contribution in [1.29, 1.82) is 0 Å². The fraction of sp³-hybridized carbons (Fsp3) is 0.0870. The maximum absolute atomic E-state index is 3.93. The molecule has 1 nitrogen and oxygen atoms in total. The molecule has 0 radical (unpaired) electrons. The third-order valence-electron chi connectivity index (χ3n) is 9.38. The lowest BCUT2D eigenvalue weighted by molar-refractivity contribution is 0.591. The van der Waals surface area contributed by atoms with Crippen LogP contribution >= 0.6 is 0 Å². The average molecular weight is 636 g/mol. The minimum absolute atomic E-state index is 0.00644. The first kappa shape index (κ1) is 31.2. The van der Waals surface area contributed by atoms with E-state index in [1.165, 1.54) is 48.6 Å². The van der Waals surface area contributed by atoms with Crippen LogP contribution in [0, 0.1) is 0 Å². The quantitative estimate of drug-likeness (QED) is 0.130. The van der Waals surface area contributed by atoms with Gasteiger partial charge in [-0.15, -0.1) is 0 Å². The van der Waals surface area contributed by atoms with E-state index in [0.29, 0.717) is 0 Å². The predicted molar refractivity (Wildman–Crippen MR) is 209 cm³/mol. The van der Waals surface area contributed by atoms with Crippen molar-refractivity contribution in [2.75, 3.05) is 5.32 Å². The van der Waals surface area contributed by atoms with E-state index >= 15 is 0 Å². The monoisotopic (exact) mass is 635 g/mol. The minimum Gasteiger partial charge on any atom is -0.355 e. The van der Waals surface area contributed by atoms with E-state index in [4.69, 9.17) is 0 Å². The molecule has 0 amide bonds. The van der Waals surface area contributed by atoms with E-state index in [1.807, 2.05) is 0 Å². The fourth-order valence-electron chi connectivity index (χ4n) is 6.91. The summed E-state index contributed by atoms with van der Waals surface area (Å²) in [5, 5.41) is 9.40. The predicted octanol–water partition coefficient (Wildman–Crippen LogP) is 9.44. The van der Waals surface area contributed by atoms with Crippen LogP contribution in [0.4, 0.5) is 11.4 Å². The summed E-state index contributed by atoms with van der Waals surface area (Å²) in [6.45, 7) is 6.88. The van der Waals surface area contributed by atoms with E-state index in [1.54, 1.807) is 0 Å². The molecule has 0 heterocycles. The summed E-state index contributed by atoms with van der Waals surface area (Å²) in [6, 6.07) is 68.8. The standard InChI is InChI=1S/C46H41NSi/c1-46(2,3)37-33-43(35-19-9-4-10-20-35)45(44(34-37)36-21-11-5-12-22-36)47-38-29-31-42(32-30-38)48(39-23-13-6-14-24-39,40-25-15-7-16-26-40)41-27-17-8-18-28-41/h4-34,47H,1-3H3. The molecule has 7 rings (SSSR count). The number of rotatable bonds is 8. The lowest BCUT2D eigenvalue weighted by atomic mass is 9.82. The highest BCUT2D eigenvalue weighted by Crippen LogP contribution is 2.42. The Balaban J connectivity index is 1.41. The lowest BCUT2D eigenvalue weighted by Crippen LogP contribution is -2.74. The zero-order valence-corrected chi connectivity index (χ0v) is 28.9. The van der Waals surface area contributed by atoms with E-state index in [0.717, 1.165) is 11.4 Å². The fourth-order valence-corrected chi connectivity index (χ4v) is 11.7. The van der Waals surface area contributed by atoms with Crippen LogP contribution < -0.4 is 26.1 Å². The van der Waals surface area contributed by atoms with Gasteiger partial charge in [-0.2, -0.15) is 0 Å². The van der Waals surface area contributed by atoms with Crippen molar-refractivity contribution in [3.8, 4) is 22.3 Å². The Morgan fingerprint density at radius 2 is 0.729 bits per heavy atom. The van der Waals surface area contributed by atoms with Crippen LogP contribution in [-0.2, 0) is 5.41 Å². The van der Waals surface area contributed by atoms with Gasteiger partial charge in [-0.3, -0.25) is 0 Å². The molecule has 0 aliphatic heterocycles. The van der Waals surface area contributed by atoms with Gasteiger partial charge in [-0.25, -0.2) is 0 Å².